The van der Waals surface area contributed by atoms with Gasteiger partial charge in [-0.1, -0.05) is 48.0 Å². The van der Waals surface area contributed by atoms with E-state index in [4.69, 9.17) is 5.26 Å². The molecule has 0 unspecified atom stereocenters. The van der Waals surface area contributed by atoms with Crippen LogP contribution in [-0.2, 0) is 6.54 Å². The molecule has 92 valence electrons. The monoisotopic (exact) mass is 294 g/mol. The van der Waals surface area contributed by atoms with Crippen LogP contribution in [0.5, 0.6) is 0 Å². The van der Waals surface area contributed by atoms with Crippen LogP contribution in [-0.4, -0.2) is 18.0 Å². The molecule has 0 atom stereocenters. The predicted molar refractivity (Wildman–Crippen MR) is 74.5 cm³/mol. The molecule has 1 aromatic rings. The topological polar surface area (TPSA) is 27.0 Å². The van der Waals surface area contributed by atoms with E-state index in [-0.39, 0.29) is 0 Å². The van der Waals surface area contributed by atoms with Crippen LogP contribution in [0.1, 0.15) is 25.8 Å². The average molecular weight is 295 g/mol. The van der Waals surface area contributed by atoms with Crippen LogP contribution in [0.2, 0.25) is 0 Å². The van der Waals surface area contributed by atoms with E-state index in [0.29, 0.717) is 12.3 Å². The van der Waals surface area contributed by atoms with Crippen molar-refractivity contribution in [3.8, 4) is 6.07 Å². The molecule has 0 aliphatic rings. The van der Waals surface area contributed by atoms with Gasteiger partial charge in [0.2, 0.25) is 0 Å². The van der Waals surface area contributed by atoms with Crippen LogP contribution in [0.3, 0.4) is 0 Å². The van der Waals surface area contributed by atoms with Crippen molar-refractivity contribution in [1.29, 1.82) is 5.26 Å². The van der Waals surface area contributed by atoms with Gasteiger partial charge < -0.3 is 0 Å². The van der Waals surface area contributed by atoms with E-state index < -0.39 is 0 Å². The van der Waals surface area contributed by atoms with Crippen molar-refractivity contribution < 1.29 is 0 Å². The molecule has 17 heavy (non-hydrogen) atoms. The zero-order valence-corrected chi connectivity index (χ0v) is 12.1. The van der Waals surface area contributed by atoms with Gasteiger partial charge in [0.25, 0.3) is 0 Å². The van der Waals surface area contributed by atoms with Crippen molar-refractivity contribution in [3.63, 3.8) is 0 Å². The van der Waals surface area contributed by atoms with Crippen LogP contribution >= 0.6 is 15.9 Å². The van der Waals surface area contributed by atoms with Crippen molar-refractivity contribution in [2.24, 2.45) is 5.92 Å². The number of benzene rings is 1. The van der Waals surface area contributed by atoms with Gasteiger partial charge in [0.15, 0.2) is 0 Å². The lowest BCUT2D eigenvalue weighted by Gasteiger charge is -2.23. The van der Waals surface area contributed by atoms with Gasteiger partial charge in [0.1, 0.15) is 0 Å². The van der Waals surface area contributed by atoms with Crippen LogP contribution < -0.4 is 0 Å². The Morgan fingerprint density at radius 2 is 2.06 bits per heavy atom. The molecule has 0 bridgehead atoms. The maximum atomic E-state index is 8.68. The Balaban J connectivity index is 2.65. The minimum Gasteiger partial charge on any atom is -0.298 e. The summed E-state index contributed by atoms with van der Waals surface area (Å²) in [6, 6.07) is 10.5. The van der Waals surface area contributed by atoms with Crippen molar-refractivity contribution >= 4 is 15.9 Å². The standard InChI is InChI=1S/C14H19BrN2/c1-12(2)10-17(9-5-8-16)11-13-6-3-4-7-14(13)15/h3-4,6-7,12H,5,9-11H2,1-2H3. The molecule has 0 spiro atoms. The molecule has 0 amide bonds. The molecular weight excluding hydrogens is 276 g/mol. The summed E-state index contributed by atoms with van der Waals surface area (Å²) in [6.07, 6.45) is 0.594. The second-order valence-electron chi connectivity index (χ2n) is 4.63. The Labute approximate surface area is 112 Å². The number of hydrogen-bond donors (Lipinski definition) is 0. The zero-order chi connectivity index (χ0) is 12.7. The Morgan fingerprint density at radius 3 is 2.65 bits per heavy atom. The summed E-state index contributed by atoms with van der Waals surface area (Å²) in [5, 5.41) is 8.68. The molecule has 0 saturated carbocycles. The number of halogens is 1. The average Bonchev–Trinajstić information content (AvgIpc) is 2.28. The van der Waals surface area contributed by atoms with E-state index >= 15 is 0 Å². The fourth-order valence-electron chi connectivity index (χ4n) is 1.83. The molecule has 0 saturated heterocycles. The SMILES string of the molecule is CC(C)CN(CCC#N)Cc1ccccc1Br. The van der Waals surface area contributed by atoms with E-state index in [9.17, 15) is 0 Å². The number of nitriles is 1. The highest BCUT2D eigenvalue weighted by Crippen LogP contribution is 2.18. The summed E-state index contributed by atoms with van der Waals surface area (Å²) in [7, 11) is 0. The highest BCUT2D eigenvalue weighted by molar-refractivity contribution is 9.10. The fraction of sp³-hybridized carbons (Fsp3) is 0.500. The lowest BCUT2D eigenvalue weighted by atomic mass is 10.1. The van der Waals surface area contributed by atoms with E-state index in [0.717, 1.165) is 24.1 Å². The molecule has 0 aliphatic carbocycles. The van der Waals surface area contributed by atoms with Gasteiger partial charge in [-0.2, -0.15) is 5.26 Å². The molecule has 2 nitrogen and oxygen atoms in total. The summed E-state index contributed by atoms with van der Waals surface area (Å²) in [5.41, 5.74) is 1.28. The third kappa shape index (κ3) is 5.34. The Bertz CT molecular complexity index is 382. The number of nitrogens with zero attached hydrogens (tertiary/aromatic N) is 2. The first-order valence-corrected chi connectivity index (χ1v) is 6.75. The third-order valence-electron chi connectivity index (χ3n) is 2.51. The largest absolute Gasteiger partial charge is 0.298 e. The molecule has 0 heterocycles. The molecule has 0 fully saturated rings. The second kappa shape index (κ2) is 7.47. The molecule has 0 aliphatic heterocycles. The second-order valence-corrected chi connectivity index (χ2v) is 5.48. The normalized spacial score (nSPS) is 10.8. The zero-order valence-electron chi connectivity index (χ0n) is 10.5. The Kier molecular flexibility index (Phi) is 6.25. The number of rotatable bonds is 6. The van der Waals surface area contributed by atoms with Gasteiger partial charge in [-0.25, -0.2) is 0 Å². The third-order valence-corrected chi connectivity index (χ3v) is 3.29. The summed E-state index contributed by atoms with van der Waals surface area (Å²) < 4.78 is 1.14. The molecule has 1 rings (SSSR count). The lowest BCUT2D eigenvalue weighted by molar-refractivity contribution is 0.241. The van der Waals surface area contributed by atoms with Gasteiger partial charge in [0, 0.05) is 30.5 Å². The fourth-order valence-corrected chi connectivity index (χ4v) is 2.24. The van der Waals surface area contributed by atoms with Gasteiger partial charge in [0.05, 0.1) is 6.07 Å². The summed E-state index contributed by atoms with van der Waals surface area (Å²) in [6.45, 7) is 7.19. The Hall–Kier alpha value is -0.850. The lowest BCUT2D eigenvalue weighted by Crippen LogP contribution is -2.28. The van der Waals surface area contributed by atoms with Crippen LogP contribution in [0.15, 0.2) is 28.7 Å². The molecule has 1 aromatic carbocycles. The first-order valence-electron chi connectivity index (χ1n) is 5.96. The van der Waals surface area contributed by atoms with Gasteiger partial charge in [-0.3, -0.25) is 4.90 Å². The smallest absolute Gasteiger partial charge is 0.0635 e. The van der Waals surface area contributed by atoms with Crippen molar-refractivity contribution in [3.05, 3.63) is 34.3 Å². The van der Waals surface area contributed by atoms with E-state index in [1.807, 2.05) is 6.07 Å². The highest BCUT2D eigenvalue weighted by Gasteiger charge is 2.09. The first kappa shape index (κ1) is 14.2. The first-order chi connectivity index (χ1) is 8.13. The highest BCUT2D eigenvalue weighted by atomic mass is 79.9. The molecule has 0 N–H and O–H groups in total. The molecular formula is C14H19BrN2. The van der Waals surface area contributed by atoms with E-state index in [1.54, 1.807) is 0 Å². The summed E-state index contributed by atoms with van der Waals surface area (Å²) in [5.74, 6) is 0.621. The van der Waals surface area contributed by atoms with Crippen LogP contribution in [0.4, 0.5) is 0 Å². The molecule has 3 heteroatoms. The molecule has 0 aromatic heterocycles. The maximum absolute atomic E-state index is 8.68. The Morgan fingerprint density at radius 1 is 1.35 bits per heavy atom. The van der Waals surface area contributed by atoms with Gasteiger partial charge >= 0.3 is 0 Å². The van der Waals surface area contributed by atoms with Crippen LogP contribution in [0, 0.1) is 17.2 Å². The predicted octanol–water partition coefficient (Wildman–Crippen LogP) is 3.82. The van der Waals surface area contributed by atoms with E-state index in [2.05, 4.69) is 58.9 Å². The van der Waals surface area contributed by atoms with Gasteiger partial charge in [-0.15, -0.1) is 0 Å². The quantitative estimate of drug-likeness (QED) is 0.797. The van der Waals surface area contributed by atoms with Crippen molar-refractivity contribution in [2.75, 3.05) is 13.1 Å². The summed E-state index contributed by atoms with van der Waals surface area (Å²) >= 11 is 3.57. The van der Waals surface area contributed by atoms with E-state index in [1.165, 1.54) is 5.56 Å². The maximum Gasteiger partial charge on any atom is 0.0635 e. The minimum absolute atomic E-state index is 0.594. The van der Waals surface area contributed by atoms with Gasteiger partial charge in [-0.05, 0) is 17.5 Å². The minimum atomic E-state index is 0.594. The summed E-state index contributed by atoms with van der Waals surface area (Å²) in [4.78, 5) is 2.34. The van der Waals surface area contributed by atoms with Crippen molar-refractivity contribution in [2.45, 2.75) is 26.8 Å². The van der Waals surface area contributed by atoms with Crippen molar-refractivity contribution in [1.82, 2.24) is 4.90 Å². The van der Waals surface area contributed by atoms with Crippen LogP contribution in [0.25, 0.3) is 0 Å². The number of hydrogen-bond acceptors (Lipinski definition) is 2. The molecule has 0 radical (unpaired) electrons.